The maximum Gasteiger partial charge on any atom is 0.248 e. The van der Waals surface area contributed by atoms with Gasteiger partial charge in [0.2, 0.25) is 5.56 Å². The van der Waals surface area contributed by atoms with Crippen LogP contribution in [0.25, 0.3) is 11.1 Å². The summed E-state index contributed by atoms with van der Waals surface area (Å²) < 4.78 is 0. The molecule has 0 spiro atoms. The summed E-state index contributed by atoms with van der Waals surface area (Å²) in [6.07, 6.45) is 0. The third-order valence-electron chi connectivity index (χ3n) is 2.18. The second-order valence-electron chi connectivity index (χ2n) is 3.28. The molecule has 3 heteroatoms. The Morgan fingerprint density at radius 2 is 1.80 bits per heavy atom. The smallest absolute Gasteiger partial charge is 0.248 e. The van der Waals surface area contributed by atoms with Crippen LogP contribution in [0.4, 0.5) is 0 Å². The summed E-state index contributed by atoms with van der Waals surface area (Å²) >= 11 is 0. The first-order valence-electron chi connectivity index (χ1n) is 4.69. The van der Waals surface area contributed by atoms with Crippen LogP contribution in [0.3, 0.4) is 0 Å². The zero-order valence-corrected chi connectivity index (χ0v) is 8.10. The van der Waals surface area contributed by atoms with Gasteiger partial charge in [-0.05, 0) is 17.2 Å². The number of hydrogen-bond acceptors (Lipinski definition) is 2. The molecular formula is C12H11NO2. The van der Waals surface area contributed by atoms with Crippen molar-refractivity contribution in [2.45, 2.75) is 6.61 Å². The standard InChI is InChI=1S/C12H11NO2/c14-8-11-6-10(7-12(15)13-11)9-4-2-1-3-5-9/h1-7,14H,8H2,(H,13,15). The third-order valence-corrected chi connectivity index (χ3v) is 2.18. The molecule has 1 heterocycles. The van der Waals surface area contributed by atoms with Crippen LogP contribution in [0.2, 0.25) is 0 Å². The highest BCUT2D eigenvalue weighted by Gasteiger charge is 2.00. The summed E-state index contributed by atoms with van der Waals surface area (Å²) in [5, 5.41) is 8.96. The van der Waals surface area contributed by atoms with Crippen molar-refractivity contribution in [1.82, 2.24) is 4.98 Å². The summed E-state index contributed by atoms with van der Waals surface area (Å²) in [5.74, 6) is 0. The summed E-state index contributed by atoms with van der Waals surface area (Å²) in [6, 6.07) is 12.9. The molecule has 15 heavy (non-hydrogen) atoms. The Bertz CT molecular complexity index is 503. The first-order chi connectivity index (χ1) is 7.29. The van der Waals surface area contributed by atoms with E-state index in [1.165, 1.54) is 6.07 Å². The first kappa shape index (κ1) is 9.68. The largest absolute Gasteiger partial charge is 0.390 e. The predicted molar refractivity (Wildman–Crippen MR) is 58.4 cm³/mol. The minimum absolute atomic E-state index is 0.157. The SMILES string of the molecule is O=c1cc(-c2ccccc2)cc(CO)[nH]1. The lowest BCUT2D eigenvalue weighted by Gasteiger charge is -2.02. The van der Waals surface area contributed by atoms with E-state index in [0.29, 0.717) is 5.69 Å². The third kappa shape index (κ3) is 2.14. The number of aromatic nitrogens is 1. The van der Waals surface area contributed by atoms with E-state index in [1.54, 1.807) is 6.07 Å². The molecule has 0 amide bonds. The van der Waals surface area contributed by atoms with Crippen LogP contribution in [0.1, 0.15) is 5.69 Å². The Kier molecular flexibility index (Phi) is 2.65. The van der Waals surface area contributed by atoms with Gasteiger partial charge in [-0.1, -0.05) is 30.3 Å². The Morgan fingerprint density at radius 1 is 1.07 bits per heavy atom. The molecule has 0 radical (unpaired) electrons. The lowest BCUT2D eigenvalue weighted by Crippen LogP contribution is -2.07. The number of nitrogens with one attached hydrogen (secondary N) is 1. The van der Waals surface area contributed by atoms with Gasteiger partial charge in [-0.25, -0.2) is 0 Å². The van der Waals surface area contributed by atoms with Gasteiger partial charge in [-0.2, -0.15) is 0 Å². The molecule has 3 nitrogen and oxygen atoms in total. The van der Waals surface area contributed by atoms with Crippen LogP contribution in [0, 0.1) is 0 Å². The highest BCUT2D eigenvalue weighted by molar-refractivity contribution is 5.63. The van der Waals surface area contributed by atoms with Crippen molar-refractivity contribution >= 4 is 0 Å². The van der Waals surface area contributed by atoms with Gasteiger partial charge in [0, 0.05) is 11.8 Å². The van der Waals surface area contributed by atoms with Crippen molar-refractivity contribution in [1.29, 1.82) is 0 Å². The van der Waals surface area contributed by atoms with E-state index in [1.807, 2.05) is 30.3 Å². The molecule has 1 aromatic carbocycles. The van der Waals surface area contributed by atoms with E-state index < -0.39 is 0 Å². The molecule has 2 N–H and O–H groups in total. The number of H-pyrrole nitrogens is 1. The second-order valence-corrected chi connectivity index (χ2v) is 3.28. The van der Waals surface area contributed by atoms with Crippen molar-refractivity contribution in [3.05, 3.63) is 58.5 Å². The van der Waals surface area contributed by atoms with Crippen molar-refractivity contribution in [3.63, 3.8) is 0 Å². The van der Waals surface area contributed by atoms with E-state index in [-0.39, 0.29) is 12.2 Å². The average molecular weight is 201 g/mol. The van der Waals surface area contributed by atoms with Gasteiger partial charge < -0.3 is 10.1 Å². The van der Waals surface area contributed by atoms with E-state index in [2.05, 4.69) is 4.98 Å². The fraction of sp³-hybridized carbons (Fsp3) is 0.0833. The van der Waals surface area contributed by atoms with Gasteiger partial charge in [0.15, 0.2) is 0 Å². The van der Waals surface area contributed by atoms with Gasteiger partial charge >= 0.3 is 0 Å². The number of aromatic amines is 1. The zero-order valence-electron chi connectivity index (χ0n) is 8.10. The van der Waals surface area contributed by atoms with Crippen LogP contribution in [0.15, 0.2) is 47.3 Å². The van der Waals surface area contributed by atoms with Gasteiger partial charge in [0.05, 0.1) is 6.61 Å². The van der Waals surface area contributed by atoms with Gasteiger partial charge in [-0.3, -0.25) is 4.79 Å². The maximum absolute atomic E-state index is 11.3. The van der Waals surface area contributed by atoms with Crippen molar-refractivity contribution in [2.24, 2.45) is 0 Å². The Morgan fingerprint density at radius 3 is 2.47 bits per heavy atom. The average Bonchev–Trinajstić information content (AvgIpc) is 2.29. The normalized spacial score (nSPS) is 10.2. The molecule has 0 aliphatic carbocycles. The minimum Gasteiger partial charge on any atom is -0.390 e. The first-order valence-corrected chi connectivity index (χ1v) is 4.69. The van der Waals surface area contributed by atoms with Crippen LogP contribution in [-0.2, 0) is 6.61 Å². The number of pyridine rings is 1. The molecule has 0 fully saturated rings. The fourth-order valence-electron chi connectivity index (χ4n) is 1.48. The van der Waals surface area contributed by atoms with Crippen molar-refractivity contribution < 1.29 is 5.11 Å². The fourth-order valence-corrected chi connectivity index (χ4v) is 1.48. The molecule has 0 atom stereocenters. The molecule has 0 aliphatic rings. The summed E-state index contributed by atoms with van der Waals surface area (Å²) in [7, 11) is 0. The second kappa shape index (κ2) is 4.11. The molecule has 2 aromatic rings. The molecule has 0 unspecified atom stereocenters. The van der Waals surface area contributed by atoms with E-state index >= 15 is 0 Å². The van der Waals surface area contributed by atoms with Crippen LogP contribution < -0.4 is 5.56 Å². The predicted octanol–water partition coefficient (Wildman–Crippen LogP) is 1.53. The molecule has 0 saturated heterocycles. The lowest BCUT2D eigenvalue weighted by atomic mass is 10.1. The molecule has 0 saturated carbocycles. The van der Waals surface area contributed by atoms with Crippen molar-refractivity contribution in [2.75, 3.05) is 0 Å². The van der Waals surface area contributed by atoms with Gasteiger partial charge in [0.1, 0.15) is 0 Å². The quantitative estimate of drug-likeness (QED) is 0.774. The van der Waals surface area contributed by atoms with Gasteiger partial charge in [-0.15, -0.1) is 0 Å². The number of hydrogen-bond donors (Lipinski definition) is 2. The Labute approximate surface area is 87.0 Å². The minimum atomic E-state index is -0.194. The van der Waals surface area contributed by atoms with Crippen LogP contribution in [-0.4, -0.2) is 10.1 Å². The van der Waals surface area contributed by atoms with E-state index in [9.17, 15) is 4.79 Å². The molecular weight excluding hydrogens is 190 g/mol. The molecule has 0 bridgehead atoms. The lowest BCUT2D eigenvalue weighted by molar-refractivity contribution is 0.276. The molecule has 2 rings (SSSR count). The number of aliphatic hydroxyl groups is 1. The summed E-state index contributed by atoms with van der Waals surface area (Å²) in [6.45, 7) is -0.157. The maximum atomic E-state index is 11.3. The highest BCUT2D eigenvalue weighted by atomic mass is 16.3. The summed E-state index contributed by atoms with van der Waals surface area (Å²) in [4.78, 5) is 13.8. The highest BCUT2D eigenvalue weighted by Crippen LogP contribution is 2.17. The Balaban J connectivity index is 2.54. The topological polar surface area (TPSA) is 53.1 Å². The van der Waals surface area contributed by atoms with E-state index in [0.717, 1.165) is 11.1 Å². The van der Waals surface area contributed by atoms with Crippen LogP contribution >= 0.6 is 0 Å². The monoisotopic (exact) mass is 201 g/mol. The molecule has 1 aromatic heterocycles. The van der Waals surface area contributed by atoms with Gasteiger partial charge in [0.25, 0.3) is 0 Å². The van der Waals surface area contributed by atoms with Crippen LogP contribution in [0.5, 0.6) is 0 Å². The van der Waals surface area contributed by atoms with Crippen molar-refractivity contribution in [3.8, 4) is 11.1 Å². The Hall–Kier alpha value is -1.87. The number of aliphatic hydroxyl groups excluding tert-OH is 1. The molecule has 76 valence electrons. The molecule has 0 aliphatic heterocycles. The summed E-state index contributed by atoms with van der Waals surface area (Å²) in [5.41, 5.74) is 2.13. The number of rotatable bonds is 2. The zero-order chi connectivity index (χ0) is 10.7. The van der Waals surface area contributed by atoms with E-state index in [4.69, 9.17) is 5.11 Å². The number of benzene rings is 1.